The average Bonchev–Trinajstić information content (AvgIpc) is 2.08. The van der Waals surface area contributed by atoms with Crippen molar-refractivity contribution in [3.8, 4) is 0 Å². The molecular formula is C10H13NO2. The summed E-state index contributed by atoms with van der Waals surface area (Å²) in [4.78, 5) is 15.0. The molecule has 0 fully saturated rings. The lowest BCUT2D eigenvalue weighted by atomic mass is 10.1. The fourth-order valence-electron chi connectivity index (χ4n) is 1.21. The molecule has 1 aromatic heterocycles. The minimum Gasteiger partial charge on any atom is -0.478 e. The molecule has 13 heavy (non-hydrogen) atoms. The third-order valence-corrected chi connectivity index (χ3v) is 2.11. The number of hydrogen-bond acceptors (Lipinski definition) is 2. The second-order valence-electron chi connectivity index (χ2n) is 3.04. The molecule has 0 bridgehead atoms. The molecule has 0 aliphatic heterocycles. The zero-order valence-electron chi connectivity index (χ0n) is 8.09. The Balaban J connectivity index is 3.33. The van der Waals surface area contributed by atoms with Crippen molar-refractivity contribution in [2.45, 2.75) is 27.2 Å². The van der Waals surface area contributed by atoms with Crippen molar-refractivity contribution in [3.05, 3.63) is 28.6 Å². The van der Waals surface area contributed by atoms with Crippen molar-refractivity contribution in [2.24, 2.45) is 0 Å². The van der Waals surface area contributed by atoms with E-state index < -0.39 is 5.97 Å². The Hall–Kier alpha value is -1.38. The van der Waals surface area contributed by atoms with Gasteiger partial charge in [0.1, 0.15) is 0 Å². The highest BCUT2D eigenvalue weighted by atomic mass is 16.4. The molecule has 0 aromatic carbocycles. The van der Waals surface area contributed by atoms with Crippen LogP contribution in [0.4, 0.5) is 0 Å². The van der Waals surface area contributed by atoms with E-state index in [9.17, 15) is 4.79 Å². The Morgan fingerprint density at radius 2 is 2.15 bits per heavy atom. The first-order valence-corrected chi connectivity index (χ1v) is 4.26. The van der Waals surface area contributed by atoms with Crippen LogP contribution in [0.2, 0.25) is 0 Å². The summed E-state index contributed by atoms with van der Waals surface area (Å²) in [6.07, 6.45) is 0.656. The topological polar surface area (TPSA) is 50.2 Å². The van der Waals surface area contributed by atoms with Gasteiger partial charge < -0.3 is 5.11 Å². The summed E-state index contributed by atoms with van der Waals surface area (Å²) in [6, 6.07) is 1.68. The summed E-state index contributed by atoms with van der Waals surface area (Å²) in [5.74, 6) is -0.896. The Bertz CT molecular complexity index is 345. The molecule has 0 saturated carbocycles. The van der Waals surface area contributed by atoms with Gasteiger partial charge in [0.15, 0.2) is 0 Å². The van der Waals surface area contributed by atoms with Crippen LogP contribution in [0.3, 0.4) is 0 Å². The molecule has 0 amide bonds. The van der Waals surface area contributed by atoms with Gasteiger partial charge in [0.05, 0.1) is 11.3 Å². The number of aromatic nitrogens is 1. The summed E-state index contributed by atoms with van der Waals surface area (Å²) in [7, 11) is 0. The van der Waals surface area contributed by atoms with E-state index in [1.807, 2.05) is 20.8 Å². The van der Waals surface area contributed by atoms with Crippen LogP contribution in [0.1, 0.15) is 34.2 Å². The summed E-state index contributed by atoms with van der Waals surface area (Å²) in [6.45, 7) is 5.66. The van der Waals surface area contributed by atoms with Crippen LogP contribution in [0.25, 0.3) is 0 Å². The summed E-state index contributed by atoms with van der Waals surface area (Å²) in [5, 5.41) is 8.87. The Morgan fingerprint density at radius 1 is 1.54 bits per heavy atom. The maximum atomic E-state index is 10.8. The zero-order valence-corrected chi connectivity index (χ0v) is 8.09. The highest BCUT2D eigenvalue weighted by molar-refractivity contribution is 5.89. The maximum absolute atomic E-state index is 10.8. The van der Waals surface area contributed by atoms with Gasteiger partial charge in [-0.25, -0.2) is 4.79 Å². The molecule has 1 rings (SSSR count). The molecule has 0 radical (unpaired) electrons. The molecule has 0 aliphatic carbocycles. The average molecular weight is 179 g/mol. The van der Waals surface area contributed by atoms with Gasteiger partial charge in [-0.15, -0.1) is 0 Å². The van der Waals surface area contributed by atoms with Gasteiger partial charge in [-0.2, -0.15) is 0 Å². The number of nitrogens with zero attached hydrogens (tertiary/aromatic N) is 1. The number of carboxylic acid groups (broad SMARTS) is 1. The lowest BCUT2D eigenvalue weighted by Crippen LogP contribution is -2.06. The van der Waals surface area contributed by atoms with Gasteiger partial charge in [0.25, 0.3) is 0 Å². The molecule has 70 valence electrons. The smallest absolute Gasteiger partial charge is 0.337 e. The molecule has 0 spiro atoms. The first-order chi connectivity index (χ1) is 6.06. The molecule has 1 heterocycles. The molecule has 3 heteroatoms. The van der Waals surface area contributed by atoms with E-state index in [0.717, 1.165) is 11.3 Å². The summed E-state index contributed by atoms with van der Waals surface area (Å²) < 4.78 is 0. The molecule has 1 N–H and O–H groups in total. The first-order valence-electron chi connectivity index (χ1n) is 4.26. The maximum Gasteiger partial charge on any atom is 0.337 e. The first kappa shape index (κ1) is 9.71. The summed E-state index contributed by atoms with van der Waals surface area (Å²) in [5.41, 5.74) is 2.82. The van der Waals surface area contributed by atoms with Crippen LogP contribution in [-0.2, 0) is 6.42 Å². The number of aryl methyl sites for hydroxylation is 3. The minimum atomic E-state index is -0.896. The normalized spacial score (nSPS) is 10.1. The summed E-state index contributed by atoms with van der Waals surface area (Å²) >= 11 is 0. The molecule has 1 aromatic rings. The van der Waals surface area contributed by atoms with E-state index in [1.54, 1.807) is 6.07 Å². The van der Waals surface area contributed by atoms with E-state index in [4.69, 9.17) is 5.11 Å². The molecule has 0 atom stereocenters. The minimum absolute atomic E-state index is 0.325. The Labute approximate surface area is 77.4 Å². The number of hydrogen-bond donors (Lipinski definition) is 1. The van der Waals surface area contributed by atoms with Crippen LogP contribution in [0.15, 0.2) is 6.07 Å². The van der Waals surface area contributed by atoms with Gasteiger partial charge >= 0.3 is 5.97 Å². The standard InChI is InChI=1S/C10H13NO2/c1-4-9-8(10(12)13)5-6(2)7(3)11-9/h5H,4H2,1-3H3,(H,12,13). The molecule has 0 aliphatic rings. The van der Waals surface area contributed by atoms with Crippen molar-refractivity contribution < 1.29 is 9.90 Å². The van der Waals surface area contributed by atoms with Gasteiger partial charge in [-0.05, 0) is 31.9 Å². The van der Waals surface area contributed by atoms with Crippen molar-refractivity contribution in [1.82, 2.24) is 4.98 Å². The second kappa shape index (κ2) is 3.56. The van der Waals surface area contributed by atoms with Crippen LogP contribution in [0.5, 0.6) is 0 Å². The molecule has 0 saturated heterocycles. The van der Waals surface area contributed by atoms with Crippen LogP contribution in [0, 0.1) is 13.8 Å². The van der Waals surface area contributed by atoms with Crippen LogP contribution < -0.4 is 0 Å². The predicted molar refractivity (Wildman–Crippen MR) is 50.0 cm³/mol. The number of carbonyl (C=O) groups is 1. The van der Waals surface area contributed by atoms with Crippen LogP contribution in [-0.4, -0.2) is 16.1 Å². The van der Waals surface area contributed by atoms with Gasteiger partial charge in [0.2, 0.25) is 0 Å². The van der Waals surface area contributed by atoms with E-state index >= 15 is 0 Å². The SMILES string of the molecule is CCc1nc(C)c(C)cc1C(=O)O. The van der Waals surface area contributed by atoms with E-state index in [1.165, 1.54) is 0 Å². The van der Waals surface area contributed by atoms with Crippen LogP contribution >= 0.6 is 0 Å². The quantitative estimate of drug-likeness (QED) is 0.755. The van der Waals surface area contributed by atoms with E-state index in [2.05, 4.69) is 4.98 Å². The number of aromatic carboxylic acids is 1. The molecular weight excluding hydrogens is 166 g/mol. The fraction of sp³-hybridized carbons (Fsp3) is 0.400. The lowest BCUT2D eigenvalue weighted by molar-refractivity contribution is 0.0695. The third-order valence-electron chi connectivity index (χ3n) is 2.11. The molecule has 3 nitrogen and oxygen atoms in total. The van der Waals surface area contributed by atoms with Crippen molar-refractivity contribution in [2.75, 3.05) is 0 Å². The van der Waals surface area contributed by atoms with E-state index in [0.29, 0.717) is 17.7 Å². The van der Waals surface area contributed by atoms with Gasteiger partial charge in [-0.1, -0.05) is 6.92 Å². The molecule has 0 unspecified atom stereocenters. The largest absolute Gasteiger partial charge is 0.478 e. The highest BCUT2D eigenvalue weighted by Crippen LogP contribution is 2.12. The van der Waals surface area contributed by atoms with Crippen molar-refractivity contribution in [3.63, 3.8) is 0 Å². The monoisotopic (exact) mass is 179 g/mol. The fourth-order valence-corrected chi connectivity index (χ4v) is 1.21. The predicted octanol–water partition coefficient (Wildman–Crippen LogP) is 1.96. The number of pyridine rings is 1. The second-order valence-corrected chi connectivity index (χ2v) is 3.04. The Kier molecular flexibility index (Phi) is 2.66. The van der Waals surface area contributed by atoms with Crippen molar-refractivity contribution in [1.29, 1.82) is 0 Å². The van der Waals surface area contributed by atoms with Gasteiger partial charge in [-0.3, -0.25) is 4.98 Å². The highest BCUT2D eigenvalue weighted by Gasteiger charge is 2.11. The number of carboxylic acids is 1. The lowest BCUT2D eigenvalue weighted by Gasteiger charge is -2.06. The zero-order chi connectivity index (χ0) is 10.0. The van der Waals surface area contributed by atoms with Gasteiger partial charge in [0, 0.05) is 5.69 Å². The number of rotatable bonds is 2. The third kappa shape index (κ3) is 1.86. The van der Waals surface area contributed by atoms with Crippen molar-refractivity contribution >= 4 is 5.97 Å². The Morgan fingerprint density at radius 3 is 2.62 bits per heavy atom. The van der Waals surface area contributed by atoms with E-state index in [-0.39, 0.29) is 0 Å².